The monoisotopic (exact) mass is 497 g/mol. The molecule has 0 aliphatic carbocycles. The van der Waals surface area contributed by atoms with Crippen molar-refractivity contribution in [1.29, 1.82) is 0 Å². The predicted octanol–water partition coefficient (Wildman–Crippen LogP) is 4.45. The Morgan fingerprint density at radius 3 is 2.47 bits per heavy atom. The molecule has 1 amide bonds. The van der Waals surface area contributed by atoms with Crippen LogP contribution in [-0.4, -0.2) is 21.4 Å². The van der Waals surface area contributed by atoms with E-state index in [1.165, 1.54) is 25.3 Å². The molecule has 2 N–H and O–H groups in total. The number of hydrogen-bond acceptors (Lipinski definition) is 6. The lowest BCUT2D eigenvalue weighted by Gasteiger charge is -2.10. The molecule has 174 valence electrons. The van der Waals surface area contributed by atoms with Gasteiger partial charge in [0.15, 0.2) is 11.3 Å². The van der Waals surface area contributed by atoms with Crippen LogP contribution in [0.4, 0.5) is 5.69 Å². The zero-order chi connectivity index (χ0) is 24.3. The number of methoxy groups -OCH3 is 1. The van der Waals surface area contributed by atoms with Gasteiger partial charge in [-0.3, -0.25) is 4.79 Å². The van der Waals surface area contributed by atoms with Crippen molar-refractivity contribution in [2.24, 2.45) is 5.10 Å². The molecule has 0 bridgehead atoms. The van der Waals surface area contributed by atoms with Crippen LogP contribution < -0.4 is 20.4 Å². The summed E-state index contributed by atoms with van der Waals surface area (Å²) in [4.78, 5) is 15.3. The first-order chi connectivity index (χ1) is 16.3. The molecule has 8 nitrogen and oxygen atoms in total. The first-order valence-electron chi connectivity index (χ1n) is 10.1. The van der Waals surface area contributed by atoms with E-state index in [1.807, 2.05) is 6.92 Å². The Balaban J connectivity index is 1.82. The summed E-state index contributed by atoms with van der Waals surface area (Å²) in [7, 11) is -2.54. The van der Waals surface area contributed by atoms with Crippen molar-refractivity contribution in [3.05, 3.63) is 94.5 Å². The molecular weight excluding hydrogens is 478 g/mol. The molecule has 0 unspecified atom stereocenters. The first kappa shape index (κ1) is 23.3. The lowest BCUT2D eigenvalue weighted by atomic mass is 10.1. The molecule has 0 aliphatic rings. The molecule has 1 aromatic heterocycles. The maximum atomic E-state index is 13.1. The summed E-state index contributed by atoms with van der Waals surface area (Å²) in [6.07, 6.45) is 0. The van der Waals surface area contributed by atoms with Gasteiger partial charge in [0.05, 0.1) is 22.7 Å². The van der Waals surface area contributed by atoms with Crippen LogP contribution in [0.15, 0.2) is 87.2 Å². The van der Waals surface area contributed by atoms with Crippen LogP contribution in [0.25, 0.3) is 11.0 Å². The molecule has 4 aromatic rings. The number of nitrogens with zero attached hydrogens (tertiary/aromatic N) is 1. The average Bonchev–Trinajstić information content (AvgIpc) is 2.83. The fourth-order valence-electron chi connectivity index (χ4n) is 3.15. The summed E-state index contributed by atoms with van der Waals surface area (Å²) in [5.41, 5.74) is 1.33. The number of anilines is 1. The van der Waals surface area contributed by atoms with Crippen LogP contribution in [0.1, 0.15) is 15.9 Å². The highest BCUT2D eigenvalue weighted by Gasteiger charge is 2.18. The number of benzene rings is 3. The zero-order valence-electron chi connectivity index (χ0n) is 18.2. The first-order valence-corrected chi connectivity index (χ1v) is 11.9. The van der Waals surface area contributed by atoms with E-state index in [4.69, 9.17) is 20.8 Å². The summed E-state index contributed by atoms with van der Waals surface area (Å²) in [6.45, 7) is 1.85. The van der Waals surface area contributed by atoms with Crippen LogP contribution in [-0.2, 0) is 10.0 Å². The van der Waals surface area contributed by atoms with Gasteiger partial charge in [0.25, 0.3) is 15.9 Å². The minimum absolute atomic E-state index is 0.00715. The fraction of sp³-hybridized carbons (Fsp3) is 0.0833. The molecule has 0 spiro atoms. The van der Waals surface area contributed by atoms with E-state index in [9.17, 15) is 13.2 Å². The van der Waals surface area contributed by atoms with Gasteiger partial charge in [-0.1, -0.05) is 53.6 Å². The van der Waals surface area contributed by atoms with Crippen molar-refractivity contribution in [3.8, 4) is 5.75 Å². The number of nitrogens with one attached hydrogen (secondary N) is 2. The van der Waals surface area contributed by atoms with E-state index < -0.39 is 15.9 Å². The molecule has 0 saturated heterocycles. The highest BCUT2D eigenvalue weighted by Crippen LogP contribution is 2.25. The molecule has 0 atom stereocenters. The second kappa shape index (κ2) is 9.58. The minimum Gasteiger partial charge on any atom is -0.493 e. The van der Waals surface area contributed by atoms with Gasteiger partial charge >= 0.3 is 0 Å². The Morgan fingerprint density at radius 1 is 1.03 bits per heavy atom. The third-order valence-electron chi connectivity index (χ3n) is 4.92. The standard InChI is InChI=1S/C24H20ClN3O5S/c1-15-10-12-17(13-11-15)34(30,31)28-27-24-18(23(29)26-20-8-4-3-7-19(20)25)14-16-6-5-9-21(32-2)22(16)33-24/h3-14,28H,1-2H3,(H,26,29)/b27-24-. The Hall–Kier alpha value is -3.82. The summed E-state index contributed by atoms with van der Waals surface area (Å²) < 4.78 is 36.6. The second-order valence-electron chi connectivity index (χ2n) is 7.30. The maximum Gasteiger partial charge on any atom is 0.276 e. The van der Waals surface area contributed by atoms with Crippen molar-refractivity contribution in [1.82, 2.24) is 4.83 Å². The van der Waals surface area contributed by atoms with E-state index >= 15 is 0 Å². The van der Waals surface area contributed by atoms with Crippen molar-refractivity contribution in [2.45, 2.75) is 11.8 Å². The van der Waals surface area contributed by atoms with E-state index in [0.717, 1.165) is 5.56 Å². The maximum absolute atomic E-state index is 13.1. The fourth-order valence-corrected chi connectivity index (χ4v) is 4.14. The quantitative estimate of drug-likeness (QED) is 0.382. The number of ether oxygens (including phenoxy) is 1. The van der Waals surface area contributed by atoms with E-state index in [-0.39, 0.29) is 16.0 Å². The predicted molar refractivity (Wildman–Crippen MR) is 129 cm³/mol. The molecule has 0 radical (unpaired) electrons. The normalized spacial score (nSPS) is 11.9. The average molecular weight is 498 g/mol. The van der Waals surface area contributed by atoms with Crippen molar-refractivity contribution in [2.75, 3.05) is 12.4 Å². The Bertz CT molecular complexity index is 1550. The third kappa shape index (κ3) is 4.90. The number of amides is 1. The number of carbonyl (C=O) groups excluding carboxylic acids is 1. The van der Waals surface area contributed by atoms with Gasteiger partial charge in [-0.05, 0) is 43.3 Å². The molecule has 10 heteroatoms. The van der Waals surface area contributed by atoms with E-state index in [0.29, 0.717) is 27.4 Å². The van der Waals surface area contributed by atoms with Gasteiger partial charge in [-0.25, -0.2) is 0 Å². The van der Waals surface area contributed by atoms with Crippen LogP contribution in [0.3, 0.4) is 0 Å². The van der Waals surface area contributed by atoms with Gasteiger partial charge in [-0.15, -0.1) is 5.10 Å². The SMILES string of the molecule is COc1cccc2cc(C(=O)Nc3ccccc3Cl)/c(=N/NS(=O)(=O)c3ccc(C)cc3)oc12. The van der Waals surface area contributed by atoms with Gasteiger partial charge in [0, 0.05) is 5.39 Å². The minimum atomic E-state index is -4.01. The summed E-state index contributed by atoms with van der Waals surface area (Å²) in [5, 5.41) is 7.53. The number of rotatable bonds is 6. The van der Waals surface area contributed by atoms with Gasteiger partial charge in [-0.2, -0.15) is 13.2 Å². The van der Waals surface area contributed by atoms with Crippen LogP contribution in [0.2, 0.25) is 5.02 Å². The molecule has 4 rings (SSSR count). The highest BCUT2D eigenvalue weighted by molar-refractivity contribution is 7.89. The number of hydrogen-bond donors (Lipinski definition) is 2. The second-order valence-corrected chi connectivity index (χ2v) is 9.37. The van der Waals surface area contributed by atoms with Crippen LogP contribution >= 0.6 is 11.6 Å². The van der Waals surface area contributed by atoms with Gasteiger partial charge < -0.3 is 14.5 Å². The zero-order valence-corrected chi connectivity index (χ0v) is 19.8. The largest absolute Gasteiger partial charge is 0.493 e. The number of halogens is 1. The Kier molecular flexibility index (Phi) is 6.58. The Morgan fingerprint density at radius 2 is 1.76 bits per heavy atom. The van der Waals surface area contributed by atoms with Crippen molar-refractivity contribution in [3.63, 3.8) is 0 Å². The number of carbonyl (C=O) groups is 1. The number of sulfonamides is 1. The molecule has 0 aliphatic heterocycles. The van der Waals surface area contributed by atoms with Crippen LogP contribution in [0.5, 0.6) is 5.75 Å². The van der Waals surface area contributed by atoms with Gasteiger partial charge in [0.2, 0.25) is 5.55 Å². The van der Waals surface area contributed by atoms with Gasteiger partial charge in [0.1, 0.15) is 5.56 Å². The molecule has 34 heavy (non-hydrogen) atoms. The summed E-state index contributed by atoms with van der Waals surface area (Å²) >= 11 is 6.16. The molecule has 0 saturated carbocycles. The molecule has 0 fully saturated rings. The molecular formula is C24H20ClN3O5S. The van der Waals surface area contributed by atoms with Crippen LogP contribution in [0, 0.1) is 6.92 Å². The molecule has 3 aromatic carbocycles. The van der Waals surface area contributed by atoms with Crippen molar-refractivity contribution >= 4 is 44.2 Å². The molecule has 1 heterocycles. The number of aryl methyl sites for hydroxylation is 1. The lowest BCUT2D eigenvalue weighted by molar-refractivity contribution is 0.102. The highest BCUT2D eigenvalue weighted by atomic mass is 35.5. The summed E-state index contributed by atoms with van der Waals surface area (Å²) in [5.74, 6) is -0.191. The number of fused-ring (bicyclic) bond motifs is 1. The Labute approximate surface area is 200 Å². The number of para-hydroxylation sites is 2. The lowest BCUT2D eigenvalue weighted by Crippen LogP contribution is -2.27. The topological polar surface area (TPSA) is 110 Å². The smallest absolute Gasteiger partial charge is 0.276 e. The van der Waals surface area contributed by atoms with E-state index in [1.54, 1.807) is 54.6 Å². The van der Waals surface area contributed by atoms with Crippen molar-refractivity contribution < 1.29 is 22.4 Å². The third-order valence-corrected chi connectivity index (χ3v) is 6.48. The van der Waals surface area contributed by atoms with E-state index in [2.05, 4.69) is 15.2 Å². The summed E-state index contributed by atoms with van der Waals surface area (Å²) in [6, 6.07) is 19.7.